The van der Waals surface area contributed by atoms with Crippen LogP contribution in [-0.2, 0) is 26.2 Å². The van der Waals surface area contributed by atoms with Gasteiger partial charge in [0.15, 0.2) is 11.6 Å². The van der Waals surface area contributed by atoms with Crippen LogP contribution in [0.25, 0.3) is 20.7 Å². The molecular weight excluding hydrogens is 655 g/mol. The summed E-state index contributed by atoms with van der Waals surface area (Å²) in [5, 5.41) is 16.4. The fourth-order valence-electron chi connectivity index (χ4n) is 8.91. The number of anilines is 1. The van der Waals surface area contributed by atoms with Crippen LogP contribution in [0.2, 0.25) is 5.02 Å². The number of carbonyl (C=O) groups is 4. The van der Waals surface area contributed by atoms with Gasteiger partial charge in [0, 0.05) is 35.3 Å². The molecule has 2 aliphatic heterocycles. The quantitative estimate of drug-likeness (QED) is 0.198. The summed E-state index contributed by atoms with van der Waals surface area (Å²) in [6.45, 7) is 5.74. The molecule has 0 radical (unpaired) electrons. The number of fused-ring (bicyclic) bond motifs is 5. The van der Waals surface area contributed by atoms with Crippen LogP contribution >= 0.6 is 22.9 Å². The molecular formula is C36H32ClFN4O5S. The maximum absolute atomic E-state index is 15.0. The molecule has 6 atom stereocenters. The fraction of sp³-hybridized carbons (Fsp3) is 0.361. The summed E-state index contributed by atoms with van der Waals surface area (Å²) in [6.07, 6.45) is 2.43. The molecule has 9 nitrogen and oxygen atoms in total. The zero-order valence-electron chi connectivity index (χ0n) is 26.7. The number of likely N-dealkylation sites (tertiary alicyclic amines) is 1. The third-order valence-corrected chi connectivity index (χ3v) is 12.7. The highest BCUT2D eigenvalue weighted by Crippen LogP contribution is 2.63. The minimum atomic E-state index is -1.35. The summed E-state index contributed by atoms with van der Waals surface area (Å²) < 4.78 is 17.5. The number of phenols is 1. The van der Waals surface area contributed by atoms with E-state index in [0.717, 1.165) is 26.1 Å². The van der Waals surface area contributed by atoms with Gasteiger partial charge in [-0.05, 0) is 86.4 Å². The van der Waals surface area contributed by atoms with Crippen LogP contribution in [0, 0.1) is 41.8 Å². The molecule has 0 unspecified atom stereocenters. The lowest BCUT2D eigenvalue weighted by Crippen LogP contribution is -2.49. The number of thiophene rings is 1. The van der Waals surface area contributed by atoms with Crippen LogP contribution in [0.4, 0.5) is 10.2 Å². The summed E-state index contributed by atoms with van der Waals surface area (Å²) in [5.74, 6) is -5.79. The lowest BCUT2D eigenvalue weighted by Gasteiger charge is -2.49. The first kappa shape index (κ1) is 31.0. The van der Waals surface area contributed by atoms with Gasteiger partial charge in [-0.25, -0.2) is 9.29 Å². The first-order chi connectivity index (χ1) is 22.9. The molecule has 246 valence electrons. The van der Waals surface area contributed by atoms with Crippen LogP contribution in [-0.4, -0.2) is 50.0 Å². The Kier molecular flexibility index (Phi) is 6.82. The van der Waals surface area contributed by atoms with Gasteiger partial charge in [0.05, 0.1) is 28.0 Å². The summed E-state index contributed by atoms with van der Waals surface area (Å²) in [4.78, 5) is 59.7. The molecule has 8 rings (SSSR count). The number of imide groups is 2. The number of benzene rings is 2. The number of aromatic hydroxyl groups is 1. The summed E-state index contributed by atoms with van der Waals surface area (Å²) in [5.41, 5.74) is 1.42. The Morgan fingerprint density at radius 2 is 1.83 bits per heavy atom. The largest absolute Gasteiger partial charge is 0.505 e. The normalized spacial score (nSPS) is 28.3. The van der Waals surface area contributed by atoms with Gasteiger partial charge in [0.25, 0.3) is 0 Å². The highest BCUT2D eigenvalue weighted by molar-refractivity contribution is 7.22. The van der Waals surface area contributed by atoms with Crippen LogP contribution in [0.1, 0.15) is 43.7 Å². The van der Waals surface area contributed by atoms with Crippen molar-refractivity contribution in [3.63, 3.8) is 0 Å². The van der Waals surface area contributed by atoms with Gasteiger partial charge in [-0.2, -0.15) is 5.10 Å². The zero-order chi connectivity index (χ0) is 34.0. The zero-order valence-corrected chi connectivity index (χ0v) is 28.2. The maximum Gasteiger partial charge on any atom is 0.242 e. The van der Waals surface area contributed by atoms with Crippen molar-refractivity contribution >= 4 is 62.5 Å². The number of hydrogen-bond acceptors (Lipinski definition) is 7. The average Bonchev–Trinajstić information content (AvgIpc) is 3.72. The van der Waals surface area contributed by atoms with Crippen LogP contribution < -0.4 is 4.90 Å². The van der Waals surface area contributed by atoms with E-state index in [1.165, 1.54) is 26.6 Å². The smallest absolute Gasteiger partial charge is 0.242 e. The van der Waals surface area contributed by atoms with E-state index < -0.39 is 58.4 Å². The second-order valence-electron chi connectivity index (χ2n) is 13.5. The first-order valence-electron chi connectivity index (χ1n) is 16.0. The number of amides is 4. The second-order valence-corrected chi connectivity index (χ2v) is 15.0. The second kappa shape index (κ2) is 10.6. The van der Waals surface area contributed by atoms with Gasteiger partial charge >= 0.3 is 0 Å². The van der Waals surface area contributed by atoms with E-state index in [1.54, 1.807) is 44.4 Å². The van der Waals surface area contributed by atoms with E-state index >= 15 is 0 Å². The Morgan fingerprint density at radius 1 is 1.06 bits per heavy atom. The lowest BCUT2D eigenvalue weighted by molar-refractivity contribution is -0.140. The Labute approximate surface area is 284 Å². The monoisotopic (exact) mass is 686 g/mol. The Hall–Kier alpha value is -4.35. The maximum atomic E-state index is 15.0. The molecule has 4 amide bonds. The third-order valence-electron chi connectivity index (χ3n) is 11.2. The average molecular weight is 687 g/mol. The molecule has 1 N–H and O–H groups in total. The third kappa shape index (κ3) is 4.03. The van der Waals surface area contributed by atoms with Crippen LogP contribution in [0.5, 0.6) is 5.75 Å². The van der Waals surface area contributed by atoms with Crippen molar-refractivity contribution in [2.75, 3.05) is 11.4 Å². The van der Waals surface area contributed by atoms with E-state index in [0.29, 0.717) is 28.5 Å². The molecule has 2 saturated heterocycles. The van der Waals surface area contributed by atoms with Crippen LogP contribution in [0.3, 0.4) is 0 Å². The van der Waals surface area contributed by atoms with Crippen molar-refractivity contribution < 1.29 is 28.7 Å². The number of nitrogens with zero attached hydrogens (tertiary/aromatic N) is 4. The Morgan fingerprint density at radius 3 is 2.56 bits per heavy atom. The summed E-state index contributed by atoms with van der Waals surface area (Å²) >= 11 is 7.82. The van der Waals surface area contributed by atoms with Gasteiger partial charge < -0.3 is 5.11 Å². The summed E-state index contributed by atoms with van der Waals surface area (Å²) in [7, 11) is 1.69. The first-order valence-corrected chi connectivity index (χ1v) is 17.2. The van der Waals surface area contributed by atoms with Crippen molar-refractivity contribution in [2.45, 2.75) is 39.5 Å². The fourth-order valence-corrected chi connectivity index (χ4v) is 10.2. The molecule has 3 fully saturated rings. The van der Waals surface area contributed by atoms with Crippen molar-refractivity contribution in [3.05, 3.63) is 76.1 Å². The molecule has 2 aromatic carbocycles. The standard InChI is InChI=1S/C36H32ClFN4O5S/c1-5-41-32(44)20-9-8-19-22(29(20)34(41)46)14-23-33(45)42(35(47)36(23,3)30(19)17-6-10-26(43)24(38)12-17)28-15-25(39-40(28)4)31-16(2)21-13-18(37)7-11-27(21)48-31/h6-8,10-13,15,20,22-23,29-30,43H,5,9,14H2,1-4H3/t20-,22+,23-,29-,30-,36+/m0/s1. The van der Waals surface area contributed by atoms with E-state index in [2.05, 4.69) is 0 Å². The number of phenolic OH excluding ortho intramolecular Hbond substituents is 1. The highest BCUT2D eigenvalue weighted by atomic mass is 35.5. The van der Waals surface area contributed by atoms with Crippen molar-refractivity contribution in [1.82, 2.24) is 14.7 Å². The molecule has 0 spiro atoms. The molecule has 2 aliphatic carbocycles. The number of hydrogen-bond donors (Lipinski definition) is 1. The minimum Gasteiger partial charge on any atom is -0.505 e. The SMILES string of the molecule is CCN1C(=O)[C@H]2[C@H](CC=C3[C@H]2C[C@H]2C(=O)N(c4cc(-c5sc6ccc(Cl)cc6c5C)nn4C)C(=O)[C@@]2(C)[C@H]3c2ccc(O)c(F)c2)C1=O. The van der Waals surface area contributed by atoms with Gasteiger partial charge in [-0.15, -0.1) is 11.3 Å². The van der Waals surface area contributed by atoms with Gasteiger partial charge in [-0.1, -0.05) is 29.3 Å². The number of aromatic nitrogens is 2. The topological polar surface area (TPSA) is 113 Å². The molecule has 0 bridgehead atoms. The summed E-state index contributed by atoms with van der Waals surface area (Å²) in [6, 6.07) is 11.5. The molecule has 4 aliphatic rings. The van der Waals surface area contributed by atoms with E-state index in [1.807, 2.05) is 31.2 Å². The van der Waals surface area contributed by atoms with Gasteiger partial charge in [0.1, 0.15) is 11.5 Å². The number of halogens is 2. The molecule has 1 saturated carbocycles. The Balaban J connectivity index is 1.26. The Bertz CT molecular complexity index is 2160. The minimum absolute atomic E-state index is 0.194. The predicted octanol–water partition coefficient (Wildman–Crippen LogP) is 6.36. The number of carbonyl (C=O) groups excluding carboxylic acids is 4. The van der Waals surface area contributed by atoms with Gasteiger partial charge in [-0.3, -0.25) is 28.8 Å². The van der Waals surface area contributed by atoms with Gasteiger partial charge in [0.2, 0.25) is 23.6 Å². The van der Waals surface area contributed by atoms with Crippen LogP contribution in [0.15, 0.2) is 54.1 Å². The predicted molar refractivity (Wildman–Crippen MR) is 179 cm³/mol. The number of rotatable bonds is 4. The number of allylic oxidation sites excluding steroid dienone is 2. The van der Waals surface area contributed by atoms with E-state index in [4.69, 9.17) is 16.7 Å². The molecule has 4 aromatic rings. The van der Waals surface area contributed by atoms with Crippen molar-refractivity contribution in [1.29, 1.82) is 0 Å². The van der Waals surface area contributed by atoms with E-state index in [9.17, 15) is 28.7 Å². The molecule has 2 aromatic heterocycles. The van der Waals surface area contributed by atoms with Crippen molar-refractivity contribution in [2.24, 2.45) is 36.1 Å². The highest BCUT2D eigenvalue weighted by Gasteiger charge is 2.67. The molecule has 4 heterocycles. The number of aryl methyl sites for hydroxylation is 2. The molecule has 12 heteroatoms. The van der Waals surface area contributed by atoms with Crippen molar-refractivity contribution in [3.8, 4) is 16.3 Å². The van der Waals surface area contributed by atoms with E-state index in [-0.39, 0.29) is 24.8 Å². The molecule has 48 heavy (non-hydrogen) atoms. The lowest BCUT2D eigenvalue weighted by atomic mass is 9.51.